The van der Waals surface area contributed by atoms with Gasteiger partial charge in [-0.05, 0) is 18.2 Å². The van der Waals surface area contributed by atoms with Gasteiger partial charge < -0.3 is 10.3 Å². The van der Waals surface area contributed by atoms with Crippen LogP contribution < -0.4 is 5.73 Å². The van der Waals surface area contributed by atoms with Crippen molar-refractivity contribution in [2.45, 2.75) is 0 Å². The van der Waals surface area contributed by atoms with E-state index in [-0.39, 0.29) is 23.5 Å². The van der Waals surface area contributed by atoms with E-state index in [9.17, 15) is 4.39 Å². The van der Waals surface area contributed by atoms with Crippen molar-refractivity contribution in [3.63, 3.8) is 0 Å². The maximum Gasteiger partial charge on any atom is 0.295 e. The minimum Gasteiger partial charge on any atom is -0.366 e. The van der Waals surface area contributed by atoms with E-state index in [2.05, 4.69) is 41.3 Å². The second-order valence-corrected chi connectivity index (χ2v) is 4.54. The molecule has 0 spiro atoms. The second-order valence-electron chi connectivity index (χ2n) is 3.62. The Morgan fingerprint density at radius 2 is 2.11 bits per heavy atom. The lowest BCUT2D eigenvalue weighted by Crippen LogP contribution is -1.86. The van der Waals surface area contributed by atoms with Gasteiger partial charge in [0.2, 0.25) is 17.6 Å². The molecule has 1 aromatic carbocycles. The predicted molar refractivity (Wildman–Crippen MR) is 67.2 cm³/mol. The summed E-state index contributed by atoms with van der Waals surface area (Å²) in [5.41, 5.74) is 5.86. The molecule has 2 aromatic heterocycles. The highest BCUT2D eigenvalue weighted by molar-refractivity contribution is 9.10. The summed E-state index contributed by atoms with van der Waals surface area (Å²) in [4.78, 5) is 7.95. The van der Waals surface area contributed by atoms with Crippen molar-refractivity contribution in [1.82, 2.24) is 25.3 Å². The van der Waals surface area contributed by atoms with Crippen LogP contribution >= 0.6 is 15.9 Å². The van der Waals surface area contributed by atoms with Crippen molar-refractivity contribution >= 4 is 21.9 Å². The van der Waals surface area contributed by atoms with E-state index in [1.54, 1.807) is 6.07 Å². The summed E-state index contributed by atoms with van der Waals surface area (Å²) in [6.07, 6.45) is 0. The SMILES string of the molecule is Nc1n[nH]c(-c2nc(-c3cc(F)cc(Br)c3)no2)n1. The summed E-state index contributed by atoms with van der Waals surface area (Å²) in [7, 11) is 0. The number of rotatable bonds is 2. The molecule has 3 aromatic rings. The van der Waals surface area contributed by atoms with Gasteiger partial charge in [-0.3, -0.25) is 5.10 Å². The zero-order valence-corrected chi connectivity index (χ0v) is 10.8. The molecule has 0 aliphatic heterocycles. The number of benzene rings is 1. The van der Waals surface area contributed by atoms with Crippen LogP contribution in [0.5, 0.6) is 0 Å². The second kappa shape index (κ2) is 4.43. The van der Waals surface area contributed by atoms with Gasteiger partial charge in [0.05, 0.1) is 0 Å². The third-order valence-electron chi connectivity index (χ3n) is 2.25. The zero-order valence-electron chi connectivity index (χ0n) is 9.26. The van der Waals surface area contributed by atoms with Crippen molar-refractivity contribution in [3.8, 4) is 23.1 Å². The molecule has 0 aliphatic rings. The molecule has 3 N–H and O–H groups in total. The van der Waals surface area contributed by atoms with Gasteiger partial charge in [-0.1, -0.05) is 21.1 Å². The first-order chi connectivity index (χ1) is 9.11. The number of H-pyrrole nitrogens is 1. The lowest BCUT2D eigenvalue weighted by molar-refractivity contribution is 0.429. The van der Waals surface area contributed by atoms with Gasteiger partial charge >= 0.3 is 0 Å². The lowest BCUT2D eigenvalue weighted by atomic mass is 10.2. The zero-order chi connectivity index (χ0) is 13.4. The first kappa shape index (κ1) is 11.8. The number of hydrogen-bond donors (Lipinski definition) is 2. The summed E-state index contributed by atoms with van der Waals surface area (Å²) < 4.78 is 18.9. The largest absolute Gasteiger partial charge is 0.366 e. The molecule has 2 heterocycles. The summed E-state index contributed by atoms with van der Waals surface area (Å²) in [6.45, 7) is 0. The number of nitrogens with zero attached hydrogens (tertiary/aromatic N) is 4. The molecule has 7 nitrogen and oxygen atoms in total. The summed E-state index contributed by atoms with van der Waals surface area (Å²) in [6, 6.07) is 4.31. The minimum atomic E-state index is -0.403. The molecular weight excluding hydrogens is 319 g/mol. The standard InChI is InChI=1S/C10H6BrFN6O/c11-5-1-4(2-6(12)3-5)7-14-9(19-18-7)8-15-10(13)17-16-8/h1-3H,(H3,13,15,16,17). The van der Waals surface area contributed by atoms with Crippen molar-refractivity contribution < 1.29 is 8.91 Å². The van der Waals surface area contributed by atoms with Crippen molar-refractivity contribution in [2.24, 2.45) is 0 Å². The van der Waals surface area contributed by atoms with Crippen molar-refractivity contribution in [3.05, 3.63) is 28.5 Å². The lowest BCUT2D eigenvalue weighted by Gasteiger charge is -1.96. The molecule has 0 saturated heterocycles. The van der Waals surface area contributed by atoms with Gasteiger partial charge in [0.15, 0.2) is 0 Å². The Balaban J connectivity index is 2.01. The number of anilines is 1. The van der Waals surface area contributed by atoms with Crippen molar-refractivity contribution in [1.29, 1.82) is 0 Å². The maximum absolute atomic E-state index is 13.3. The summed E-state index contributed by atoms with van der Waals surface area (Å²) in [5.74, 6) is 0.291. The highest BCUT2D eigenvalue weighted by atomic mass is 79.9. The molecular formula is C10H6BrFN6O. The van der Waals surface area contributed by atoms with Crippen LogP contribution in [0.4, 0.5) is 10.3 Å². The molecule has 0 bridgehead atoms. The fourth-order valence-electron chi connectivity index (χ4n) is 1.49. The van der Waals surface area contributed by atoms with E-state index in [1.807, 2.05) is 0 Å². The molecule has 0 amide bonds. The maximum atomic E-state index is 13.3. The number of nitrogens with one attached hydrogen (secondary N) is 1. The Kier molecular flexibility index (Phi) is 2.75. The van der Waals surface area contributed by atoms with Crippen LogP contribution in [-0.2, 0) is 0 Å². The van der Waals surface area contributed by atoms with Crippen LogP contribution in [0.25, 0.3) is 23.1 Å². The fraction of sp³-hybridized carbons (Fsp3) is 0. The molecule has 0 atom stereocenters. The Labute approximate surface area is 114 Å². The van der Waals surface area contributed by atoms with Gasteiger partial charge in [-0.2, -0.15) is 9.97 Å². The number of nitrogens with two attached hydrogens (primary N) is 1. The van der Waals surface area contributed by atoms with E-state index >= 15 is 0 Å². The smallest absolute Gasteiger partial charge is 0.295 e. The van der Waals surface area contributed by atoms with Crippen LogP contribution in [0, 0.1) is 5.82 Å². The molecule has 9 heteroatoms. The van der Waals surface area contributed by atoms with Crippen LogP contribution in [0.15, 0.2) is 27.2 Å². The van der Waals surface area contributed by atoms with E-state index in [1.165, 1.54) is 12.1 Å². The summed E-state index contributed by atoms with van der Waals surface area (Å²) >= 11 is 3.19. The Hall–Kier alpha value is -2.29. The molecule has 3 rings (SSSR count). The van der Waals surface area contributed by atoms with Crippen LogP contribution in [0.3, 0.4) is 0 Å². The van der Waals surface area contributed by atoms with Crippen LogP contribution in [0.1, 0.15) is 0 Å². The fourth-order valence-corrected chi connectivity index (χ4v) is 1.96. The molecule has 0 unspecified atom stereocenters. The normalized spacial score (nSPS) is 10.8. The third kappa shape index (κ3) is 2.32. The number of nitrogen functional groups attached to an aromatic ring is 1. The molecule has 0 aliphatic carbocycles. The van der Waals surface area contributed by atoms with Gasteiger partial charge in [0, 0.05) is 10.0 Å². The number of aromatic nitrogens is 5. The Bertz CT molecular complexity index is 719. The quantitative estimate of drug-likeness (QED) is 0.746. The third-order valence-corrected chi connectivity index (χ3v) is 2.71. The topological polar surface area (TPSA) is 107 Å². The van der Waals surface area contributed by atoms with Crippen LogP contribution in [-0.4, -0.2) is 25.3 Å². The number of aromatic amines is 1. The van der Waals surface area contributed by atoms with Gasteiger partial charge in [0.25, 0.3) is 5.89 Å². The molecule has 0 saturated carbocycles. The van der Waals surface area contributed by atoms with Gasteiger partial charge in [-0.15, -0.1) is 5.10 Å². The number of halogens is 2. The van der Waals surface area contributed by atoms with E-state index in [4.69, 9.17) is 10.3 Å². The van der Waals surface area contributed by atoms with Crippen molar-refractivity contribution in [2.75, 3.05) is 5.73 Å². The van der Waals surface area contributed by atoms with Gasteiger partial charge in [-0.25, -0.2) is 4.39 Å². The average molecular weight is 325 g/mol. The Morgan fingerprint density at radius 1 is 1.26 bits per heavy atom. The van der Waals surface area contributed by atoms with Gasteiger partial charge in [0.1, 0.15) is 5.82 Å². The first-order valence-electron chi connectivity index (χ1n) is 5.10. The van der Waals surface area contributed by atoms with E-state index in [0.29, 0.717) is 10.0 Å². The number of hydrogen-bond acceptors (Lipinski definition) is 6. The first-order valence-corrected chi connectivity index (χ1v) is 5.89. The highest BCUT2D eigenvalue weighted by Crippen LogP contribution is 2.24. The average Bonchev–Trinajstić information content (AvgIpc) is 2.95. The molecule has 19 heavy (non-hydrogen) atoms. The predicted octanol–water partition coefficient (Wildman–Crippen LogP) is 2.01. The van der Waals surface area contributed by atoms with E-state index < -0.39 is 5.82 Å². The minimum absolute atomic E-state index is 0.0725. The Morgan fingerprint density at radius 3 is 2.79 bits per heavy atom. The molecule has 96 valence electrons. The molecule has 0 fully saturated rings. The monoisotopic (exact) mass is 324 g/mol. The van der Waals surface area contributed by atoms with E-state index in [0.717, 1.165) is 0 Å². The molecule has 0 radical (unpaired) electrons. The summed E-state index contributed by atoms with van der Waals surface area (Å²) in [5, 5.41) is 9.95. The van der Waals surface area contributed by atoms with Crippen LogP contribution in [0.2, 0.25) is 0 Å². The highest BCUT2D eigenvalue weighted by Gasteiger charge is 2.14.